The van der Waals surface area contributed by atoms with E-state index in [1.165, 1.54) is 0 Å². The van der Waals surface area contributed by atoms with Gasteiger partial charge in [0.15, 0.2) is 0 Å². The molecule has 15 heavy (non-hydrogen) atoms. The molecule has 0 bridgehead atoms. The number of carbonyl (C=O) groups excluding carboxylic acids is 1. The molecule has 2 fully saturated rings. The van der Waals surface area contributed by atoms with Gasteiger partial charge in [-0.15, -0.1) is 0 Å². The van der Waals surface area contributed by atoms with Gasteiger partial charge in [-0.05, 0) is 44.7 Å². The van der Waals surface area contributed by atoms with Crippen molar-refractivity contribution in [2.45, 2.75) is 26.7 Å². The molecule has 2 unspecified atom stereocenters. The van der Waals surface area contributed by atoms with Gasteiger partial charge >= 0.3 is 0 Å². The van der Waals surface area contributed by atoms with Crippen molar-refractivity contribution >= 4 is 31.7 Å². The molecule has 0 radical (unpaired) electrons. The summed E-state index contributed by atoms with van der Waals surface area (Å²) in [6.07, 6.45) is 2.12. The second-order valence-electron chi connectivity index (χ2n) is 5.25. The minimum Gasteiger partial charge on any atom is -0.281 e. The third-order valence-corrected chi connectivity index (χ3v) is 6.76. The highest BCUT2D eigenvalue weighted by molar-refractivity contribution is 8.01. The molecule has 0 aromatic rings. The zero-order valence-electron chi connectivity index (χ0n) is 9.16. The van der Waals surface area contributed by atoms with Crippen molar-refractivity contribution < 1.29 is 9.00 Å². The largest absolute Gasteiger partial charge is 0.281 e. The molecule has 0 aromatic carbocycles. The van der Waals surface area contributed by atoms with Crippen LogP contribution >= 0.6 is 11.6 Å². The molecule has 0 aromatic heterocycles. The lowest BCUT2D eigenvalue weighted by Gasteiger charge is -2.01. The van der Waals surface area contributed by atoms with Crippen LogP contribution in [0.2, 0.25) is 0 Å². The molecule has 86 valence electrons. The molecule has 1 aliphatic carbocycles. The zero-order valence-corrected chi connectivity index (χ0v) is 10.7. The van der Waals surface area contributed by atoms with Gasteiger partial charge in [0.25, 0.3) is 0 Å². The fourth-order valence-corrected chi connectivity index (χ4v) is 5.88. The van der Waals surface area contributed by atoms with Crippen LogP contribution in [0.3, 0.4) is 0 Å². The number of rotatable bonds is 2. The molecule has 2 nitrogen and oxygen atoms in total. The van der Waals surface area contributed by atoms with E-state index >= 15 is 0 Å². The smallest absolute Gasteiger partial charge is 0.225 e. The van der Waals surface area contributed by atoms with Crippen molar-refractivity contribution in [1.82, 2.24) is 0 Å². The second kappa shape index (κ2) is 3.49. The highest BCUT2D eigenvalue weighted by Crippen LogP contribution is 2.58. The molecule has 4 heteroatoms. The average Bonchev–Trinajstić information content (AvgIpc) is 2.47. The predicted molar refractivity (Wildman–Crippen MR) is 64.8 cm³/mol. The Morgan fingerprint density at radius 2 is 1.93 bits per heavy atom. The van der Waals surface area contributed by atoms with Gasteiger partial charge in [-0.2, -0.15) is 0 Å². The molecule has 1 saturated carbocycles. The van der Waals surface area contributed by atoms with Gasteiger partial charge in [0.1, 0.15) is 0 Å². The Bertz CT molecular complexity index is 393. The van der Waals surface area contributed by atoms with Gasteiger partial charge in [0.2, 0.25) is 5.24 Å². The van der Waals surface area contributed by atoms with Crippen molar-refractivity contribution in [3.05, 3.63) is 0 Å². The van der Waals surface area contributed by atoms with Crippen LogP contribution in [-0.4, -0.2) is 26.3 Å². The molecule has 1 saturated heterocycles. The van der Waals surface area contributed by atoms with Gasteiger partial charge in [-0.25, -0.2) is 0 Å². The SMILES string of the molecule is CC1(C)C(C=S2(=O)CCCC2)C1C(=O)Cl. The summed E-state index contributed by atoms with van der Waals surface area (Å²) in [5, 5.41) is 1.67. The van der Waals surface area contributed by atoms with E-state index < -0.39 is 9.52 Å². The van der Waals surface area contributed by atoms with E-state index in [-0.39, 0.29) is 22.5 Å². The molecular formula is C11H17ClO2S. The summed E-state index contributed by atoms with van der Waals surface area (Å²) in [6.45, 7) is 4.05. The summed E-state index contributed by atoms with van der Waals surface area (Å²) < 4.78 is 12.3. The Kier molecular flexibility index (Phi) is 2.67. The number of halogens is 1. The maximum atomic E-state index is 12.3. The first-order chi connectivity index (χ1) is 6.87. The second-order valence-corrected chi connectivity index (χ2v) is 8.45. The third kappa shape index (κ3) is 1.96. The van der Waals surface area contributed by atoms with E-state index in [4.69, 9.17) is 11.6 Å². The fourth-order valence-electron chi connectivity index (χ4n) is 2.56. The van der Waals surface area contributed by atoms with Crippen LogP contribution in [-0.2, 0) is 14.3 Å². The lowest BCUT2D eigenvalue weighted by atomic mass is 10.1. The molecule has 2 rings (SSSR count). The Morgan fingerprint density at radius 1 is 1.40 bits per heavy atom. The topological polar surface area (TPSA) is 34.1 Å². The molecular weight excluding hydrogens is 232 g/mol. The first-order valence-corrected chi connectivity index (χ1v) is 7.74. The number of carbonyl (C=O) groups is 1. The van der Waals surface area contributed by atoms with Crippen LogP contribution in [0.25, 0.3) is 0 Å². The highest BCUT2D eigenvalue weighted by Gasteiger charge is 2.60. The summed E-state index contributed by atoms with van der Waals surface area (Å²) in [7, 11) is -1.76. The fraction of sp³-hybridized carbons (Fsp3) is 0.818. The van der Waals surface area contributed by atoms with Crippen molar-refractivity contribution in [1.29, 1.82) is 0 Å². The molecule has 2 aliphatic rings. The predicted octanol–water partition coefficient (Wildman–Crippen LogP) is 1.90. The molecule has 1 aliphatic heterocycles. The lowest BCUT2D eigenvalue weighted by Crippen LogP contribution is -2.08. The van der Waals surface area contributed by atoms with Crippen LogP contribution in [0.4, 0.5) is 0 Å². The maximum Gasteiger partial charge on any atom is 0.225 e. The highest BCUT2D eigenvalue weighted by atomic mass is 35.5. The summed E-state index contributed by atoms with van der Waals surface area (Å²) in [5.41, 5.74) is -0.0775. The summed E-state index contributed by atoms with van der Waals surface area (Å²) >= 11 is 5.53. The summed E-state index contributed by atoms with van der Waals surface area (Å²) in [4.78, 5) is 11.2. The van der Waals surface area contributed by atoms with Crippen LogP contribution in [0.1, 0.15) is 26.7 Å². The van der Waals surface area contributed by atoms with Crippen molar-refractivity contribution in [2.75, 3.05) is 11.5 Å². The van der Waals surface area contributed by atoms with Crippen molar-refractivity contribution in [3.63, 3.8) is 0 Å². The Labute approximate surface area is 96.4 Å². The van der Waals surface area contributed by atoms with Gasteiger partial charge in [-0.1, -0.05) is 13.8 Å². The minimum absolute atomic E-state index is 0.0775. The zero-order chi connectivity index (χ0) is 11.3. The quantitative estimate of drug-likeness (QED) is 0.553. The first-order valence-electron chi connectivity index (χ1n) is 5.41. The maximum absolute atomic E-state index is 12.3. The van der Waals surface area contributed by atoms with Gasteiger partial charge in [-0.3, -0.25) is 9.00 Å². The minimum atomic E-state index is -1.76. The monoisotopic (exact) mass is 248 g/mol. The van der Waals surface area contributed by atoms with Crippen LogP contribution in [0.15, 0.2) is 0 Å². The van der Waals surface area contributed by atoms with E-state index in [1.54, 1.807) is 0 Å². The normalized spacial score (nSPS) is 36.2. The Morgan fingerprint density at radius 3 is 2.33 bits per heavy atom. The van der Waals surface area contributed by atoms with E-state index in [0.717, 1.165) is 24.3 Å². The van der Waals surface area contributed by atoms with E-state index in [1.807, 2.05) is 19.2 Å². The van der Waals surface area contributed by atoms with Gasteiger partial charge < -0.3 is 0 Å². The van der Waals surface area contributed by atoms with Crippen LogP contribution in [0, 0.1) is 17.3 Å². The van der Waals surface area contributed by atoms with Crippen molar-refractivity contribution in [3.8, 4) is 0 Å². The van der Waals surface area contributed by atoms with Crippen LogP contribution in [0.5, 0.6) is 0 Å². The number of hydrogen-bond donors (Lipinski definition) is 0. The van der Waals surface area contributed by atoms with E-state index in [9.17, 15) is 9.00 Å². The standard InChI is InChI=1S/C11H17ClO2S/c1-11(2)8(9(11)10(12)13)7-15(14)5-3-4-6-15/h7-9H,3-6H2,1-2H3. The molecule has 2 atom stereocenters. The molecule has 0 spiro atoms. The van der Waals surface area contributed by atoms with Crippen molar-refractivity contribution in [2.24, 2.45) is 17.3 Å². The molecule has 1 heterocycles. The number of hydrogen-bond acceptors (Lipinski definition) is 2. The lowest BCUT2D eigenvalue weighted by molar-refractivity contribution is -0.113. The van der Waals surface area contributed by atoms with Gasteiger partial charge in [0, 0.05) is 23.3 Å². The summed E-state index contributed by atoms with van der Waals surface area (Å²) in [6, 6.07) is 0. The summed E-state index contributed by atoms with van der Waals surface area (Å²) in [5.74, 6) is 1.64. The molecule has 0 amide bonds. The average molecular weight is 249 g/mol. The van der Waals surface area contributed by atoms with Crippen LogP contribution < -0.4 is 0 Å². The van der Waals surface area contributed by atoms with E-state index in [2.05, 4.69) is 0 Å². The Balaban J connectivity index is 2.22. The first kappa shape index (κ1) is 11.5. The third-order valence-electron chi connectivity index (χ3n) is 3.78. The Hall–Kier alpha value is -0.0200. The molecule has 0 N–H and O–H groups in total. The van der Waals surface area contributed by atoms with Gasteiger partial charge in [0.05, 0.1) is 0 Å². The van der Waals surface area contributed by atoms with E-state index in [0.29, 0.717) is 0 Å².